The first kappa shape index (κ1) is 30.6. The number of hydrogen-bond donors (Lipinski definition) is 1. The van der Waals surface area contributed by atoms with Crippen molar-refractivity contribution in [2.24, 2.45) is 5.73 Å². The molecule has 0 fully saturated rings. The van der Waals surface area contributed by atoms with E-state index in [9.17, 15) is 9.36 Å². The summed E-state index contributed by atoms with van der Waals surface area (Å²) < 4.78 is 41.5. The monoisotopic (exact) mass is 577 g/mol. The van der Waals surface area contributed by atoms with Crippen molar-refractivity contribution >= 4 is 25.5 Å². The first-order valence-corrected chi connectivity index (χ1v) is 15.2. The highest BCUT2D eigenvalue weighted by Gasteiger charge is 2.25. The van der Waals surface area contributed by atoms with E-state index in [0.717, 1.165) is 26.9 Å². The van der Waals surface area contributed by atoms with Crippen molar-refractivity contribution in [3.63, 3.8) is 0 Å². The number of benzene rings is 2. The molecule has 0 unspecified atom stereocenters. The highest BCUT2D eigenvalue weighted by atomic mass is 32.2. The van der Waals surface area contributed by atoms with Gasteiger partial charge in [0.2, 0.25) is 0 Å². The minimum atomic E-state index is -3.32. The van der Waals surface area contributed by atoms with Crippen LogP contribution in [0.4, 0.5) is 4.79 Å². The van der Waals surface area contributed by atoms with Crippen molar-refractivity contribution < 1.29 is 32.6 Å². The van der Waals surface area contributed by atoms with Crippen molar-refractivity contribution in [3.05, 3.63) is 65.6 Å². The zero-order chi connectivity index (χ0) is 28.4. The van der Waals surface area contributed by atoms with Crippen LogP contribution in [-0.2, 0) is 31.5 Å². The molecule has 0 spiro atoms. The molecule has 0 aliphatic rings. The summed E-state index contributed by atoms with van der Waals surface area (Å²) in [5, 5.41) is 0.927. The van der Waals surface area contributed by atoms with Gasteiger partial charge in [-0.25, -0.2) is 9.78 Å². The van der Waals surface area contributed by atoms with Crippen LogP contribution in [0, 0.1) is 0 Å². The summed E-state index contributed by atoms with van der Waals surface area (Å²) in [5.41, 5.74) is 7.09. The molecule has 1 aromatic heterocycles. The second-order valence-corrected chi connectivity index (χ2v) is 11.8. The quantitative estimate of drug-likeness (QED) is 0.204. The molecule has 10 nitrogen and oxygen atoms in total. The van der Waals surface area contributed by atoms with E-state index in [2.05, 4.69) is 13.8 Å². The van der Waals surface area contributed by atoms with Gasteiger partial charge in [0.05, 0.1) is 26.0 Å². The third-order valence-corrected chi connectivity index (χ3v) is 8.34. The van der Waals surface area contributed by atoms with Crippen LogP contribution in [-0.4, -0.2) is 42.3 Å². The van der Waals surface area contributed by atoms with Crippen molar-refractivity contribution in [1.29, 1.82) is 0 Å². The van der Waals surface area contributed by atoms with Gasteiger partial charge in [-0.15, -0.1) is 0 Å². The van der Waals surface area contributed by atoms with Crippen LogP contribution in [0.1, 0.15) is 50.7 Å². The summed E-state index contributed by atoms with van der Waals surface area (Å²) in [6, 6.07) is 15.2. The Labute approximate surface area is 233 Å². The van der Waals surface area contributed by atoms with Crippen molar-refractivity contribution in [2.75, 3.05) is 26.7 Å². The molecule has 3 rings (SSSR count). The van der Waals surface area contributed by atoms with Gasteiger partial charge in [0.15, 0.2) is 13.0 Å². The van der Waals surface area contributed by atoms with Gasteiger partial charge in [-0.3, -0.25) is 4.57 Å². The van der Waals surface area contributed by atoms with E-state index in [-0.39, 0.29) is 32.1 Å². The molecular weight excluding hydrogens is 541 g/mol. The van der Waals surface area contributed by atoms with Crippen LogP contribution in [0.3, 0.4) is 0 Å². The minimum Gasteiger partial charge on any atom is -0.497 e. The standard InChI is InChI=1S/C27H36N3O7PS/c1-6-36-38(32,37-7-2)18-35-21-13-11-20(12-14-21)16-30-24(17-34-27(28)31)29-25(19(3)4)26(30)39-23-10-8-9-22(15-23)33-5/h8-15,19H,6-7,16-18H2,1-5H3,(H2,28,31). The number of methoxy groups -OCH3 is 1. The molecule has 212 valence electrons. The predicted molar refractivity (Wildman–Crippen MR) is 150 cm³/mol. The topological polar surface area (TPSA) is 124 Å². The lowest BCUT2D eigenvalue weighted by Gasteiger charge is -2.17. The maximum Gasteiger partial charge on any atom is 0.404 e. The smallest absolute Gasteiger partial charge is 0.404 e. The van der Waals surface area contributed by atoms with Crippen molar-refractivity contribution in [1.82, 2.24) is 9.55 Å². The van der Waals surface area contributed by atoms with E-state index < -0.39 is 13.7 Å². The third kappa shape index (κ3) is 8.76. The number of primary amides is 1. The molecule has 3 aromatic rings. The second kappa shape index (κ2) is 14.4. The summed E-state index contributed by atoms with van der Waals surface area (Å²) in [7, 11) is -1.69. The summed E-state index contributed by atoms with van der Waals surface area (Å²) >= 11 is 1.56. The zero-order valence-corrected chi connectivity index (χ0v) is 24.6. The Morgan fingerprint density at radius 3 is 2.36 bits per heavy atom. The van der Waals surface area contributed by atoms with Crippen LogP contribution in [0.15, 0.2) is 58.5 Å². The summed E-state index contributed by atoms with van der Waals surface area (Å²) in [4.78, 5) is 17.2. The largest absolute Gasteiger partial charge is 0.497 e. The van der Waals surface area contributed by atoms with E-state index in [1.165, 1.54) is 0 Å². The predicted octanol–water partition coefficient (Wildman–Crippen LogP) is 6.41. The average molecular weight is 578 g/mol. The van der Waals surface area contributed by atoms with E-state index in [4.69, 9.17) is 34.0 Å². The van der Waals surface area contributed by atoms with Gasteiger partial charge < -0.3 is 33.6 Å². The third-order valence-electron chi connectivity index (χ3n) is 5.48. The fourth-order valence-electron chi connectivity index (χ4n) is 3.70. The molecule has 0 bridgehead atoms. The maximum absolute atomic E-state index is 12.7. The van der Waals surface area contributed by atoms with Crippen LogP contribution in [0.2, 0.25) is 0 Å². The molecule has 1 heterocycles. The molecule has 12 heteroatoms. The lowest BCUT2D eigenvalue weighted by molar-refractivity contribution is 0.145. The first-order chi connectivity index (χ1) is 18.7. The van der Waals surface area contributed by atoms with Crippen LogP contribution in [0.25, 0.3) is 0 Å². The summed E-state index contributed by atoms with van der Waals surface area (Å²) in [6.45, 7) is 8.57. The molecule has 0 saturated carbocycles. The minimum absolute atomic E-state index is 0.0565. The molecule has 2 aromatic carbocycles. The lowest BCUT2D eigenvalue weighted by atomic mass is 10.1. The number of imidazole rings is 1. The molecule has 39 heavy (non-hydrogen) atoms. The Kier molecular flexibility index (Phi) is 11.3. The van der Waals surface area contributed by atoms with Crippen LogP contribution >= 0.6 is 19.4 Å². The average Bonchev–Trinajstić information content (AvgIpc) is 3.24. The summed E-state index contributed by atoms with van der Waals surface area (Å²) in [5.74, 6) is 1.99. The Morgan fingerprint density at radius 2 is 1.77 bits per heavy atom. The molecule has 0 radical (unpaired) electrons. The second-order valence-electron chi connectivity index (χ2n) is 8.71. The molecule has 2 N–H and O–H groups in total. The molecule has 0 atom stereocenters. The molecule has 0 aliphatic carbocycles. The number of nitrogens with zero attached hydrogens (tertiary/aromatic N) is 2. The number of carbonyl (C=O) groups is 1. The Bertz CT molecular complexity index is 1270. The lowest BCUT2D eigenvalue weighted by Crippen LogP contribution is -2.15. The number of rotatable bonds is 15. The molecule has 0 aliphatic heterocycles. The fourth-order valence-corrected chi connectivity index (χ4v) is 6.23. The first-order valence-electron chi connectivity index (χ1n) is 12.6. The molecular formula is C27H36N3O7PS. The zero-order valence-electron chi connectivity index (χ0n) is 22.9. The van der Waals surface area contributed by atoms with Gasteiger partial charge in [-0.1, -0.05) is 43.8 Å². The highest BCUT2D eigenvalue weighted by molar-refractivity contribution is 7.99. The SMILES string of the molecule is CCOP(=O)(COc1ccc(Cn2c(COC(N)=O)nc(C(C)C)c2Sc2cccc(OC)c2)cc1)OCC. The number of amides is 1. The Morgan fingerprint density at radius 1 is 1.08 bits per heavy atom. The van der Waals surface area contributed by atoms with Gasteiger partial charge in [-0.2, -0.15) is 0 Å². The number of aromatic nitrogens is 2. The van der Waals surface area contributed by atoms with Gasteiger partial charge in [-0.05, 0) is 55.7 Å². The van der Waals surface area contributed by atoms with Crippen molar-refractivity contribution in [3.8, 4) is 11.5 Å². The maximum atomic E-state index is 12.7. The number of hydrogen-bond acceptors (Lipinski definition) is 9. The Balaban J connectivity index is 1.89. The van der Waals surface area contributed by atoms with Gasteiger partial charge in [0.1, 0.15) is 22.3 Å². The van der Waals surface area contributed by atoms with Crippen LogP contribution in [0.5, 0.6) is 11.5 Å². The number of ether oxygens (including phenoxy) is 3. The number of nitrogens with two attached hydrogens (primary N) is 1. The number of carbonyl (C=O) groups excluding carboxylic acids is 1. The van der Waals surface area contributed by atoms with E-state index in [1.807, 2.05) is 41.0 Å². The van der Waals surface area contributed by atoms with Gasteiger partial charge in [0, 0.05) is 11.4 Å². The van der Waals surface area contributed by atoms with E-state index in [1.54, 1.807) is 44.9 Å². The molecule has 1 amide bonds. The normalized spacial score (nSPS) is 11.5. The Hall–Kier alpha value is -2.98. The fraction of sp³-hybridized carbons (Fsp3) is 0.407. The van der Waals surface area contributed by atoms with Crippen LogP contribution < -0.4 is 15.2 Å². The van der Waals surface area contributed by atoms with Gasteiger partial charge >= 0.3 is 13.7 Å². The summed E-state index contributed by atoms with van der Waals surface area (Å²) in [6.07, 6.45) is -1.04. The van der Waals surface area contributed by atoms with Gasteiger partial charge in [0.25, 0.3) is 0 Å². The van der Waals surface area contributed by atoms with E-state index >= 15 is 0 Å². The molecule has 0 saturated heterocycles. The van der Waals surface area contributed by atoms with Crippen molar-refractivity contribution in [2.45, 2.75) is 56.7 Å². The van der Waals surface area contributed by atoms with E-state index in [0.29, 0.717) is 18.1 Å². The highest BCUT2D eigenvalue weighted by Crippen LogP contribution is 2.48.